The van der Waals surface area contributed by atoms with E-state index in [4.69, 9.17) is 0 Å². The van der Waals surface area contributed by atoms with Crippen LogP contribution in [0.2, 0.25) is 0 Å². The molecule has 0 spiro atoms. The van der Waals surface area contributed by atoms with Gasteiger partial charge in [0.25, 0.3) is 0 Å². The van der Waals surface area contributed by atoms with Gasteiger partial charge in [0.05, 0.1) is 6.54 Å². The van der Waals surface area contributed by atoms with E-state index in [2.05, 4.69) is 22.8 Å². The molecule has 1 fully saturated rings. The molecule has 3 rings (SSSR count). The minimum absolute atomic E-state index is 0.00166. The van der Waals surface area contributed by atoms with Crippen LogP contribution in [0, 0.1) is 11.8 Å². The number of carbonyl (C=O) groups is 2. The monoisotopic (exact) mass is 301 g/mol. The molecule has 1 saturated heterocycles. The topological polar surface area (TPSA) is 61.4 Å². The van der Waals surface area contributed by atoms with Crippen LogP contribution in [-0.4, -0.2) is 42.9 Å². The standard InChI is InChI=1S/C17H23N3O2/c1-12(15-8-18-9-15)17(22)19-10-16(21)20-7-6-13-4-2-3-5-14(13)11-20/h2-5,12,15,18H,6-11H2,1H3,(H,19,22). The van der Waals surface area contributed by atoms with E-state index in [9.17, 15) is 9.59 Å². The fourth-order valence-corrected chi connectivity index (χ4v) is 3.02. The number of rotatable bonds is 4. The maximum absolute atomic E-state index is 12.3. The van der Waals surface area contributed by atoms with Gasteiger partial charge in [0.2, 0.25) is 11.8 Å². The van der Waals surface area contributed by atoms with Crippen LogP contribution in [0.5, 0.6) is 0 Å². The van der Waals surface area contributed by atoms with E-state index in [1.807, 2.05) is 24.0 Å². The average Bonchev–Trinajstić information content (AvgIpc) is 2.50. The Morgan fingerprint density at radius 1 is 1.32 bits per heavy atom. The third-order valence-electron chi connectivity index (χ3n) is 4.83. The van der Waals surface area contributed by atoms with Gasteiger partial charge >= 0.3 is 0 Å². The summed E-state index contributed by atoms with van der Waals surface area (Å²) in [6, 6.07) is 8.22. The van der Waals surface area contributed by atoms with Crippen molar-refractivity contribution in [1.29, 1.82) is 0 Å². The summed E-state index contributed by atoms with van der Waals surface area (Å²) in [5.74, 6) is 0.354. The molecule has 0 saturated carbocycles. The van der Waals surface area contributed by atoms with E-state index in [1.54, 1.807) is 0 Å². The van der Waals surface area contributed by atoms with E-state index in [0.29, 0.717) is 12.5 Å². The van der Waals surface area contributed by atoms with Gasteiger partial charge in [-0.1, -0.05) is 31.2 Å². The maximum atomic E-state index is 12.3. The number of benzene rings is 1. The summed E-state index contributed by atoms with van der Waals surface area (Å²) in [6.45, 7) is 5.20. The van der Waals surface area contributed by atoms with E-state index in [0.717, 1.165) is 26.1 Å². The van der Waals surface area contributed by atoms with Crippen molar-refractivity contribution in [3.05, 3.63) is 35.4 Å². The van der Waals surface area contributed by atoms with Crippen LogP contribution in [0.4, 0.5) is 0 Å². The molecule has 0 aliphatic carbocycles. The lowest BCUT2D eigenvalue weighted by Gasteiger charge is -2.32. The van der Waals surface area contributed by atoms with Crippen molar-refractivity contribution in [3.8, 4) is 0 Å². The third kappa shape index (κ3) is 3.14. The Labute approximate surface area is 131 Å². The van der Waals surface area contributed by atoms with Gasteiger partial charge in [-0.3, -0.25) is 9.59 Å². The maximum Gasteiger partial charge on any atom is 0.242 e. The second kappa shape index (κ2) is 6.48. The van der Waals surface area contributed by atoms with Crippen LogP contribution in [0.3, 0.4) is 0 Å². The third-order valence-corrected chi connectivity index (χ3v) is 4.83. The smallest absolute Gasteiger partial charge is 0.242 e. The summed E-state index contributed by atoms with van der Waals surface area (Å²) in [7, 11) is 0. The van der Waals surface area contributed by atoms with Crippen molar-refractivity contribution >= 4 is 11.8 Å². The molecule has 5 heteroatoms. The van der Waals surface area contributed by atoms with E-state index < -0.39 is 0 Å². The molecule has 0 radical (unpaired) electrons. The first-order chi connectivity index (χ1) is 10.6. The van der Waals surface area contributed by atoms with Crippen molar-refractivity contribution in [2.75, 3.05) is 26.2 Å². The summed E-state index contributed by atoms with van der Waals surface area (Å²) >= 11 is 0. The highest BCUT2D eigenvalue weighted by molar-refractivity contribution is 5.86. The molecule has 1 aromatic carbocycles. The lowest BCUT2D eigenvalue weighted by molar-refractivity contribution is -0.135. The number of amides is 2. The molecule has 0 bridgehead atoms. The Balaban J connectivity index is 1.49. The Morgan fingerprint density at radius 3 is 2.73 bits per heavy atom. The average molecular weight is 301 g/mol. The fraction of sp³-hybridized carbons (Fsp3) is 0.529. The molecule has 2 aliphatic heterocycles. The Hall–Kier alpha value is -1.88. The fourth-order valence-electron chi connectivity index (χ4n) is 3.02. The highest BCUT2D eigenvalue weighted by Gasteiger charge is 2.29. The van der Waals surface area contributed by atoms with Gasteiger partial charge in [0, 0.05) is 19.0 Å². The zero-order valence-corrected chi connectivity index (χ0v) is 13.0. The second-order valence-electron chi connectivity index (χ2n) is 6.26. The molecule has 5 nitrogen and oxygen atoms in total. The van der Waals surface area contributed by atoms with Crippen molar-refractivity contribution in [3.63, 3.8) is 0 Å². The molecule has 1 atom stereocenters. The van der Waals surface area contributed by atoms with Gasteiger partial charge in [-0.2, -0.15) is 0 Å². The van der Waals surface area contributed by atoms with Gasteiger partial charge in [0.1, 0.15) is 0 Å². The summed E-state index contributed by atoms with van der Waals surface area (Å²) in [5, 5.41) is 5.96. The SMILES string of the molecule is CC(C(=O)NCC(=O)N1CCc2ccccc2C1)C1CNC1. The molecule has 22 heavy (non-hydrogen) atoms. The number of fused-ring (bicyclic) bond motifs is 1. The second-order valence-corrected chi connectivity index (χ2v) is 6.26. The minimum atomic E-state index is -0.0314. The number of hydrogen-bond donors (Lipinski definition) is 2. The highest BCUT2D eigenvalue weighted by atomic mass is 16.2. The molecule has 1 unspecified atom stereocenters. The lowest BCUT2D eigenvalue weighted by Crippen LogP contribution is -2.51. The van der Waals surface area contributed by atoms with Crippen LogP contribution < -0.4 is 10.6 Å². The highest BCUT2D eigenvalue weighted by Crippen LogP contribution is 2.18. The Bertz CT molecular complexity index is 569. The first kappa shape index (κ1) is 15.0. The summed E-state index contributed by atoms with van der Waals surface area (Å²) in [6.07, 6.45) is 0.889. The molecule has 2 N–H and O–H groups in total. The van der Waals surface area contributed by atoms with Gasteiger partial charge in [-0.25, -0.2) is 0 Å². The largest absolute Gasteiger partial charge is 0.347 e. The van der Waals surface area contributed by atoms with Crippen LogP contribution in [-0.2, 0) is 22.6 Å². The molecular weight excluding hydrogens is 278 g/mol. The number of hydrogen-bond acceptors (Lipinski definition) is 3. The normalized spacial score (nSPS) is 19.0. The van der Waals surface area contributed by atoms with Crippen LogP contribution in [0.1, 0.15) is 18.1 Å². The van der Waals surface area contributed by atoms with Gasteiger partial charge in [-0.05, 0) is 36.6 Å². The molecule has 2 heterocycles. The molecule has 118 valence electrons. The number of nitrogens with one attached hydrogen (secondary N) is 2. The Morgan fingerprint density at radius 2 is 2.05 bits per heavy atom. The summed E-state index contributed by atoms with van der Waals surface area (Å²) in [4.78, 5) is 26.2. The predicted molar refractivity (Wildman–Crippen MR) is 84.1 cm³/mol. The quantitative estimate of drug-likeness (QED) is 0.853. The predicted octanol–water partition coefficient (Wildman–Crippen LogP) is 0.543. The number of carbonyl (C=O) groups excluding carboxylic acids is 2. The van der Waals surface area contributed by atoms with Gasteiger partial charge < -0.3 is 15.5 Å². The molecular formula is C17H23N3O2. The van der Waals surface area contributed by atoms with Crippen LogP contribution in [0.25, 0.3) is 0 Å². The first-order valence-electron chi connectivity index (χ1n) is 7.98. The molecule has 1 aromatic rings. The van der Waals surface area contributed by atoms with Crippen molar-refractivity contribution in [2.45, 2.75) is 19.9 Å². The Kier molecular flexibility index (Phi) is 4.43. The van der Waals surface area contributed by atoms with E-state index in [1.165, 1.54) is 11.1 Å². The summed E-state index contributed by atoms with van der Waals surface area (Å²) < 4.78 is 0. The zero-order chi connectivity index (χ0) is 15.5. The molecule has 2 aliphatic rings. The van der Waals surface area contributed by atoms with Gasteiger partial charge in [-0.15, -0.1) is 0 Å². The number of nitrogens with zero attached hydrogens (tertiary/aromatic N) is 1. The van der Waals surface area contributed by atoms with E-state index in [-0.39, 0.29) is 24.3 Å². The van der Waals surface area contributed by atoms with Crippen LogP contribution in [0.15, 0.2) is 24.3 Å². The molecule has 0 aromatic heterocycles. The first-order valence-corrected chi connectivity index (χ1v) is 7.98. The van der Waals surface area contributed by atoms with Gasteiger partial charge in [0.15, 0.2) is 0 Å². The molecule has 2 amide bonds. The van der Waals surface area contributed by atoms with Crippen molar-refractivity contribution in [2.24, 2.45) is 11.8 Å². The minimum Gasteiger partial charge on any atom is -0.347 e. The van der Waals surface area contributed by atoms with E-state index >= 15 is 0 Å². The van der Waals surface area contributed by atoms with Crippen LogP contribution >= 0.6 is 0 Å². The van der Waals surface area contributed by atoms with Crippen molar-refractivity contribution in [1.82, 2.24) is 15.5 Å². The zero-order valence-electron chi connectivity index (χ0n) is 13.0. The lowest BCUT2D eigenvalue weighted by atomic mass is 9.88. The van der Waals surface area contributed by atoms with Crippen molar-refractivity contribution < 1.29 is 9.59 Å². The summed E-state index contributed by atoms with van der Waals surface area (Å²) in [5.41, 5.74) is 2.53.